The summed E-state index contributed by atoms with van der Waals surface area (Å²) in [7, 11) is 0. The summed E-state index contributed by atoms with van der Waals surface area (Å²) in [6.07, 6.45) is 5.33. The normalized spacial score (nSPS) is 33.3. The minimum atomic E-state index is -0.518. The molecule has 1 fully saturated rings. The molecular weight excluding hydrogens is 188 g/mol. The Morgan fingerprint density at radius 3 is 2.80 bits per heavy atom. The second-order valence-corrected chi connectivity index (χ2v) is 4.10. The molecule has 1 aromatic rings. The van der Waals surface area contributed by atoms with Crippen molar-refractivity contribution in [2.45, 2.75) is 24.5 Å². The van der Waals surface area contributed by atoms with Crippen LogP contribution in [0.1, 0.15) is 24.5 Å². The van der Waals surface area contributed by atoms with Crippen LogP contribution in [0.3, 0.4) is 0 Å². The van der Waals surface area contributed by atoms with E-state index < -0.39 is 5.60 Å². The van der Waals surface area contributed by atoms with Gasteiger partial charge in [0.1, 0.15) is 6.10 Å². The molecule has 2 atom stereocenters. The van der Waals surface area contributed by atoms with Gasteiger partial charge in [-0.15, -0.1) is 0 Å². The summed E-state index contributed by atoms with van der Waals surface area (Å²) >= 11 is 0. The van der Waals surface area contributed by atoms with Gasteiger partial charge in [-0.2, -0.15) is 0 Å². The van der Waals surface area contributed by atoms with Crippen LogP contribution in [0.5, 0.6) is 0 Å². The van der Waals surface area contributed by atoms with Crippen molar-refractivity contribution >= 4 is 5.78 Å². The zero-order valence-corrected chi connectivity index (χ0v) is 8.35. The van der Waals surface area contributed by atoms with E-state index >= 15 is 0 Å². The molecule has 2 heteroatoms. The Labute approximate surface area is 88.6 Å². The van der Waals surface area contributed by atoms with Gasteiger partial charge in [0.2, 0.25) is 0 Å². The lowest BCUT2D eigenvalue weighted by molar-refractivity contribution is -0.120. The molecule has 0 bridgehead atoms. The minimum Gasteiger partial charge on any atom is -0.352 e. The smallest absolute Gasteiger partial charge is 0.190 e. The number of carbonyl (C=O) groups is 1. The van der Waals surface area contributed by atoms with Gasteiger partial charge in [0.15, 0.2) is 11.4 Å². The molecule has 2 nitrogen and oxygen atoms in total. The number of rotatable bonds is 1. The van der Waals surface area contributed by atoms with Gasteiger partial charge in [-0.1, -0.05) is 36.4 Å². The summed E-state index contributed by atoms with van der Waals surface area (Å²) in [6.45, 7) is 0. The quantitative estimate of drug-likeness (QED) is 0.651. The van der Waals surface area contributed by atoms with Gasteiger partial charge in [-0.05, 0) is 24.5 Å². The van der Waals surface area contributed by atoms with Crippen LogP contribution < -0.4 is 0 Å². The van der Waals surface area contributed by atoms with Crippen molar-refractivity contribution in [2.75, 3.05) is 0 Å². The number of hydrogen-bond donors (Lipinski definition) is 0. The average molecular weight is 200 g/mol. The van der Waals surface area contributed by atoms with Crippen molar-refractivity contribution in [1.82, 2.24) is 0 Å². The molecule has 0 radical (unpaired) electrons. The maximum absolute atomic E-state index is 11.8. The molecule has 76 valence electrons. The van der Waals surface area contributed by atoms with E-state index in [-0.39, 0.29) is 11.9 Å². The summed E-state index contributed by atoms with van der Waals surface area (Å²) in [5, 5.41) is 0. The molecule has 0 N–H and O–H groups in total. The fourth-order valence-corrected chi connectivity index (χ4v) is 2.27. The molecule has 0 amide bonds. The van der Waals surface area contributed by atoms with E-state index in [1.807, 2.05) is 36.4 Å². The molecule has 2 aliphatic rings. The highest BCUT2D eigenvalue weighted by Gasteiger charge is 2.61. The minimum absolute atomic E-state index is 0.0175. The number of carbonyl (C=O) groups excluding carboxylic acids is 1. The fourth-order valence-electron chi connectivity index (χ4n) is 2.27. The van der Waals surface area contributed by atoms with Gasteiger partial charge < -0.3 is 4.74 Å². The Morgan fingerprint density at radius 1 is 1.27 bits per heavy atom. The van der Waals surface area contributed by atoms with Gasteiger partial charge in [-0.25, -0.2) is 0 Å². The van der Waals surface area contributed by atoms with Crippen LogP contribution in [0.25, 0.3) is 0 Å². The zero-order valence-electron chi connectivity index (χ0n) is 8.35. The van der Waals surface area contributed by atoms with Crippen LogP contribution in [0.2, 0.25) is 0 Å². The molecule has 15 heavy (non-hydrogen) atoms. The summed E-state index contributed by atoms with van der Waals surface area (Å²) in [4.78, 5) is 11.8. The highest BCUT2D eigenvalue weighted by Crippen LogP contribution is 2.54. The SMILES string of the molecule is O=C1C=CCCC12OC2c1ccccc1. The first kappa shape index (κ1) is 8.86. The Balaban J connectivity index is 1.89. The number of hydrogen-bond acceptors (Lipinski definition) is 2. The van der Waals surface area contributed by atoms with Crippen molar-refractivity contribution in [3.63, 3.8) is 0 Å². The van der Waals surface area contributed by atoms with E-state index in [4.69, 9.17) is 4.74 Å². The second kappa shape index (κ2) is 3.04. The van der Waals surface area contributed by atoms with E-state index in [1.54, 1.807) is 6.08 Å². The Morgan fingerprint density at radius 2 is 2.07 bits per heavy atom. The first-order valence-corrected chi connectivity index (χ1v) is 5.27. The lowest BCUT2D eigenvalue weighted by Gasteiger charge is -2.11. The van der Waals surface area contributed by atoms with Crippen LogP contribution in [0, 0.1) is 0 Å². The van der Waals surface area contributed by atoms with E-state index in [2.05, 4.69) is 0 Å². The van der Waals surface area contributed by atoms with Crippen LogP contribution in [0.4, 0.5) is 0 Å². The predicted molar refractivity (Wildman–Crippen MR) is 56.4 cm³/mol. The molecule has 1 spiro atoms. The maximum atomic E-state index is 11.8. The Bertz CT molecular complexity index is 421. The number of epoxide rings is 1. The highest BCUT2D eigenvalue weighted by molar-refractivity contribution is 6.00. The van der Waals surface area contributed by atoms with Crippen molar-refractivity contribution < 1.29 is 9.53 Å². The van der Waals surface area contributed by atoms with Gasteiger partial charge in [0, 0.05) is 0 Å². The number of allylic oxidation sites excluding steroid dienone is 1. The number of ketones is 1. The lowest BCUT2D eigenvalue weighted by Crippen LogP contribution is -2.25. The van der Waals surface area contributed by atoms with Crippen molar-refractivity contribution in [3.05, 3.63) is 48.0 Å². The molecule has 1 aliphatic heterocycles. The van der Waals surface area contributed by atoms with Crippen LogP contribution in [0.15, 0.2) is 42.5 Å². The summed E-state index contributed by atoms with van der Waals surface area (Å²) in [6, 6.07) is 9.97. The standard InChI is InChI=1S/C13H12O2/c14-11-8-4-5-9-13(11)12(15-13)10-6-2-1-3-7-10/h1-4,6-8,12H,5,9H2. The molecule has 1 aliphatic carbocycles. The molecule has 0 aromatic heterocycles. The molecular formula is C13H12O2. The monoisotopic (exact) mass is 200 g/mol. The zero-order chi connectivity index (χ0) is 10.3. The lowest BCUT2D eigenvalue weighted by atomic mass is 9.87. The number of benzene rings is 1. The van der Waals surface area contributed by atoms with E-state index in [9.17, 15) is 4.79 Å². The van der Waals surface area contributed by atoms with E-state index in [0.29, 0.717) is 0 Å². The molecule has 0 saturated carbocycles. The number of ether oxygens (including phenoxy) is 1. The topological polar surface area (TPSA) is 29.6 Å². The molecule has 1 aromatic carbocycles. The third-order valence-electron chi connectivity index (χ3n) is 3.17. The Kier molecular flexibility index (Phi) is 1.80. The van der Waals surface area contributed by atoms with Crippen molar-refractivity contribution in [1.29, 1.82) is 0 Å². The van der Waals surface area contributed by atoms with E-state index in [0.717, 1.165) is 18.4 Å². The van der Waals surface area contributed by atoms with Crippen molar-refractivity contribution in [2.24, 2.45) is 0 Å². The van der Waals surface area contributed by atoms with Crippen LogP contribution >= 0.6 is 0 Å². The van der Waals surface area contributed by atoms with Crippen molar-refractivity contribution in [3.8, 4) is 0 Å². The van der Waals surface area contributed by atoms with Crippen LogP contribution in [-0.2, 0) is 9.53 Å². The fraction of sp³-hybridized carbons (Fsp3) is 0.308. The molecule has 2 unspecified atom stereocenters. The summed E-state index contributed by atoms with van der Waals surface area (Å²) in [5.41, 5.74) is 0.594. The van der Waals surface area contributed by atoms with Gasteiger partial charge in [0.05, 0.1) is 0 Å². The third-order valence-corrected chi connectivity index (χ3v) is 3.17. The molecule has 1 heterocycles. The highest BCUT2D eigenvalue weighted by atomic mass is 16.6. The predicted octanol–water partition coefficient (Wildman–Crippen LogP) is 2.42. The van der Waals surface area contributed by atoms with Crippen LogP contribution in [-0.4, -0.2) is 11.4 Å². The summed E-state index contributed by atoms with van der Waals surface area (Å²) < 4.78 is 5.64. The molecule has 1 saturated heterocycles. The molecule has 3 rings (SSSR count). The van der Waals surface area contributed by atoms with E-state index in [1.165, 1.54) is 0 Å². The first-order chi connectivity index (χ1) is 7.33. The summed E-state index contributed by atoms with van der Waals surface area (Å²) in [5.74, 6) is 0.127. The Hall–Kier alpha value is -1.41. The second-order valence-electron chi connectivity index (χ2n) is 4.10. The van der Waals surface area contributed by atoms with Gasteiger partial charge >= 0.3 is 0 Å². The largest absolute Gasteiger partial charge is 0.352 e. The first-order valence-electron chi connectivity index (χ1n) is 5.27. The third kappa shape index (κ3) is 1.25. The van der Waals surface area contributed by atoms with Gasteiger partial charge in [0.25, 0.3) is 0 Å². The maximum Gasteiger partial charge on any atom is 0.190 e. The van der Waals surface area contributed by atoms with Gasteiger partial charge in [-0.3, -0.25) is 4.79 Å². The average Bonchev–Trinajstić information content (AvgIpc) is 3.00.